The lowest BCUT2D eigenvalue weighted by Crippen LogP contribution is -2.52. The van der Waals surface area contributed by atoms with Gasteiger partial charge < -0.3 is 5.32 Å². The van der Waals surface area contributed by atoms with Crippen molar-refractivity contribution in [3.05, 3.63) is 22.4 Å². The van der Waals surface area contributed by atoms with Crippen LogP contribution < -0.4 is 5.32 Å². The van der Waals surface area contributed by atoms with Gasteiger partial charge in [-0.05, 0) is 57.6 Å². The number of nitrogens with one attached hydrogen (secondary N) is 1. The Morgan fingerprint density at radius 2 is 2.29 bits per heavy atom. The van der Waals surface area contributed by atoms with E-state index >= 15 is 0 Å². The summed E-state index contributed by atoms with van der Waals surface area (Å²) >= 11 is 1.88. The molecule has 3 heteroatoms. The molecule has 0 aliphatic heterocycles. The molecule has 1 fully saturated rings. The van der Waals surface area contributed by atoms with Crippen molar-refractivity contribution in [2.24, 2.45) is 5.92 Å². The number of hydrogen-bond acceptors (Lipinski definition) is 3. The molecule has 0 radical (unpaired) electrons. The van der Waals surface area contributed by atoms with E-state index in [1.807, 2.05) is 11.3 Å². The fourth-order valence-electron chi connectivity index (χ4n) is 2.75. The maximum Gasteiger partial charge on any atom is 0.0333 e. The highest BCUT2D eigenvalue weighted by Crippen LogP contribution is 2.34. The van der Waals surface area contributed by atoms with Crippen molar-refractivity contribution < 1.29 is 0 Å². The Morgan fingerprint density at radius 1 is 1.47 bits per heavy atom. The van der Waals surface area contributed by atoms with Crippen LogP contribution in [0, 0.1) is 5.92 Å². The van der Waals surface area contributed by atoms with Crippen LogP contribution in [0.25, 0.3) is 0 Å². The predicted molar refractivity (Wildman–Crippen MR) is 75.4 cm³/mol. The molecule has 2 nitrogen and oxygen atoms in total. The normalized spacial score (nSPS) is 24.3. The Morgan fingerprint density at radius 3 is 2.76 bits per heavy atom. The Bertz CT molecular complexity index is 321. The number of thiophene rings is 1. The highest BCUT2D eigenvalue weighted by Gasteiger charge is 2.35. The van der Waals surface area contributed by atoms with Crippen LogP contribution in [0.5, 0.6) is 0 Å². The molecule has 1 aromatic heterocycles. The van der Waals surface area contributed by atoms with Crippen LogP contribution in [-0.4, -0.2) is 30.6 Å². The topological polar surface area (TPSA) is 15.3 Å². The van der Waals surface area contributed by atoms with Crippen molar-refractivity contribution in [2.45, 2.75) is 45.3 Å². The van der Waals surface area contributed by atoms with E-state index in [9.17, 15) is 0 Å². The Hall–Kier alpha value is -0.380. The van der Waals surface area contributed by atoms with Crippen molar-refractivity contribution >= 4 is 11.3 Å². The fraction of sp³-hybridized carbons (Fsp3) is 0.714. The first-order valence-corrected chi connectivity index (χ1v) is 7.53. The standard InChI is InChI=1S/C14H24N2S/c1-11(2)16(10-13-5-4-8-17-13)14-7-6-12(14)9-15-3/h4-5,8,11-12,14-15H,6-7,9-10H2,1-3H3. The van der Waals surface area contributed by atoms with Gasteiger partial charge in [-0.1, -0.05) is 6.07 Å². The van der Waals surface area contributed by atoms with Gasteiger partial charge in [-0.15, -0.1) is 11.3 Å². The van der Waals surface area contributed by atoms with Crippen LogP contribution in [0.1, 0.15) is 31.6 Å². The summed E-state index contributed by atoms with van der Waals surface area (Å²) in [5.74, 6) is 0.849. The lowest BCUT2D eigenvalue weighted by Gasteiger charge is -2.46. The molecule has 1 saturated carbocycles. The summed E-state index contributed by atoms with van der Waals surface area (Å²) in [5.41, 5.74) is 0. The first-order valence-electron chi connectivity index (χ1n) is 6.65. The predicted octanol–water partition coefficient (Wildman–Crippen LogP) is 2.96. The summed E-state index contributed by atoms with van der Waals surface area (Å²) in [6.07, 6.45) is 2.76. The zero-order valence-electron chi connectivity index (χ0n) is 11.1. The smallest absolute Gasteiger partial charge is 0.0333 e. The molecule has 2 atom stereocenters. The second-order valence-corrected chi connectivity index (χ2v) is 6.34. The molecule has 2 rings (SSSR count). The molecule has 1 aliphatic rings. The fourth-order valence-corrected chi connectivity index (χ4v) is 3.47. The van der Waals surface area contributed by atoms with Gasteiger partial charge in [0, 0.05) is 23.5 Å². The molecule has 0 saturated heterocycles. The summed E-state index contributed by atoms with van der Waals surface area (Å²) in [5, 5.41) is 5.51. The third-order valence-corrected chi connectivity index (χ3v) is 4.71. The van der Waals surface area contributed by atoms with Crippen molar-refractivity contribution in [3.63, 3.8) is 0 Å². The molecule has 1 heterocycles. The van der Waals surface area contributed by atoms with Crippen LogP contribution in [0.4, 0.5) is 0 Å². The summed E-state index contributed by atoms with van der Waals surface area (Å²) in [7, 11) is 2.06. The minimum absolute atomic E-state index is 0.641. The van der Waals surface area contributed by atoms with Gasteiger partial charge >= 0.3 is 0 Å². The van der Waals surface area contributed by atoms with E-state index < -0.39 is 0 Å². The molecule has 0 spiro atoms. The molecular formula is C14H24N2S. The Labute approximate surface area is 109 Å². The minimum Gasteiger partial charge on any atom is -0.319 e. The van der Waals surface area contributed by atoms with Crippen molar-refractivity contribution in [3.8, 4) is 0 Å². The summed E-state index contributed by atoms with van der Waals surface area (Å²) in [6.45, 7) is 6.93. The molecule has 1 aromatic rings. The van der Waals surface area contributed by atoms with E-state index in [4.69, 9.17) is 0 Å². The van der Waals surface area contributed by atoms with Crippen LogP contribution >= 0.6 is 11.3 Å². The Kier molecular flexibility index (Phi) is 4.60. The second kappa shape index (κ2) is 5.98. The summed E-state index contributed by atoms with van der Waals surface area (Å²) in [6, 6.07) is 5.84. The van der Waals surface area contributed by atoms with E-state index in [0.717, 1.165) is 18.5 Å². The van der Waals surface area contributed by atoms with E-state index in [1.54, 1.807) is 0 Å². The molecule has 1 aliphatic carbocycles. The SMILES string of the molecule is CNCC1CCC1N(Cc1cccs1)C(C)C. The van der Waals surface area contributed by atoms with Gasteiger partial charge in [0.1, 0.15) is 0 Å². The zero-order valence-corrected chi connectivity index (χ0v) is 12.0. The van der Waals surface area contributed by atoms with E-state index in [-0.39, 0.29) is 0 Å². The van der Waals surface area contributed by atoms with Crippen LogP contribution in [0.15, 0.2) is 17.5 Å². The third kappa shape index (κ3) is 3.09. The van der Waals surface area contributed by atoms with Gasteiger partial charge in [-0.2, -0.15) is 0 Å². The molecule has 17 heavy (non-hydrogen) atoms. The van der Waals surface area contributed by atoms with Gasteiger partial charge in [0.15, 0.2) is 0 Å². The van der Waals surface area contributed by atoms with Crippen molar-refractivity contribution in [2.75, 3.05) is 13.6 Å². The van der Waals surface area contributed by atoms with Crippen LogP contribution in [-0.2, 0) is 6.54 Å². The average Bonchev–Trinajstić information content (AvgIpc) is 2.76. The monoisotopic (exact) mass is 252 g/mol. The zero-order chi connectivity index (χ0) is 12.3. The average molecular weight is 252 g/mol. The highest BCUT2D eigenvalue weighted by molar-refractivity contribution is 7.09. The van der Waals surface area contributed by atoms with E-state index in [0.29, 0.717) is 6.04 Å². The first kappa shape index (κ1) is 13.1. The van der Waals surface area contributed by atoms with E-state index in [1.165, 1.54) is 24.3 Å². The number of nitrogens with zero attached hydrogens (tertiary/aromatic N) is 1. The van der Waals surface area contributed by atoms with Gasteiger partial charge in [0.2, 0.25) is 0 Å². The first-order chi connectivity index (χ1) is 8.22. The molecule has 0 aromatic carbocycles. The van der Waals surface area contributed by atoms with Crippen molar-refractivity contribution in [1.29, 1.82) is 0 Å². The third-order valence-electron chi connectivity index (χ3n) is 3.85. The van der Waals surface area contributed by atoms with E-state index in [2.05, 4.69) is 48.6 Å². The molecule has 1 N–H and O–H groups in total. The van der Waals surface area contributed by atoms with Crippen LogP contribution in [0.2, 0.25) is 0 Å². The van der Waals surface area contributed by atoms with Crippen LogP contribution in [0.3, 0.4) is 0 Å². The quantitative estimate of drug-likeness (QED) is 0.837. The van der Waals surface area contributed by atoms with Gasteiger partial charge in [-0.3, -0.25) is 4.90 Å². The molecule has 2 unspecified atom stereocenters. The number of hydrogen-bond donors (Lipinski definition) is 1. The number of rotatable bonds is 6. The van der Waals surface area contributed by atoms with Crippen molar-refractivity contribution in [1.82, 2.24) is 10.2 Å². The lowest BCUT2D eigenvalue weighted by atomic mass is 9.78. The highest BCUT2D eigenvalue weighted by atomic mass is 32.1. The maximum atomic E-state index is 3.33. The molecular weight excluding hydrogens is 228 g/mol. The maximum absolute atomic E-state index is 3.33. The molecule has 0 amide bonds. The lowest BCUT2D eigenvalue weighted by molar-refractivity contribution is 0.0328. The van der Waals surface area contributed by atoms with Gasteiger partial charge in [-0.25, -0.2) is 0 Å². The second-order valence-electron chi connectivity index (χ2n) is 5.31. The summed E-state index contributed by atoms with van der Waals surface area (Å²) < 4.78 is 0. The van der Waals surface area contributed by atoms with Gasteiger partial charge in [0.05, 0.1) is 0 Å². The molecule has 96 valence electrons. The summed E-state index contributed by atoms with van der Waals surface area (Å²) in [4.78, 5) is 4.17. The minimum atomic E-state index is 0.641. The Balaban J connectivity index is 1.97. The largest absolute Gasteiger partial charge is 0.319 e. The van der Waals surface area contributed by atoms with Gasteiger partial charge in [0.25, 0.3) is 0 Å². The molecule has 0 bridgehead atoms.